The van der Waals surface area contributed by atoms with Crippen LogP contribution in [0, 0.1) is 0 Å². The molecule has 0 aliphatic carbocycles. The summed E-state index contributed by atoms with van der Waals surface area (Å²) in [5, 5.41) is 0. The second-order valence-electron chi connectivity index (χ2n) is 18.5. The van der Waals surface area contributed by atoms with Gasteiger partial charge in [0.25, 0.3) is 0 Å². The molecule has 0 saturated carbocycles. The Morgan fingerprint density at radius 3 is 1.16 bits per heavy atom. The molecule has 0 spiro atoms. The van der Waals surface area contributed by atoms with Crippen LogP contribution in [0.5, 0.6) is 0 Å². The van der Waals surface area contributed by atoms with E-state index in [2.05, 4.69) is 57.2 Å². The molecule has 0 N–H and O–H groups in total. The van der Waals surface area contributed by atoms with Gasteiger partial charge in [0.05, 0.1) is 6.61 Å². The van der Waals surface area contributed by atoms with Crippen molar-refractivity contribution in [3.63, 3.8) is 0 Å². The Labute approximate surface area is 387 Å². The zero-order valence-electron chi connectivity index (χ0n) is 41.9. The van der Waals surface area contributed by atoms with E-state index < -0.39 is 6.10 Å². The monoisotopic (exact) mass is 871 g/mol. The summed E-state index contributed by atoms with van der Waals surface area (Å²) < 4.78 is 17.4. The lowest BCUT2D eigenvalue weighted by Gasteiger charge is -2.18. The van der Waals surface area contributed by atoms with E-state index in [1.54, 1.807) is 0 Å². The average Bonchev–Trinajstić information content (AvgIpc) is 3.27. The van der Waals surface area contributed by atoms with Gasteiger partial charge in [-0.2, -0.15) is 0 Å². The first-order chi connectivity index (χ1) is 30.6. The van der Waals surface area contributed by atoms with E-state index in [1.807, 2.05) is 0 Å². The Kier molecular flexibility index (Phi) is 51.8. The molecule has 0 bridgehead atoms. The van der Waals surface area contributed by atoms with E-state index in [-0.39, 0.29) is 25.2 Å². The van der Waals surface area contributed by atoms with Gasteiger partial charge in [-0.3, -0.25) is 9.59 Å². The maximum Gasteiger partial charge on any atom is 0.306 e. The maximum absolute atomic E-state index is 12.8. The molecule has 0 aliphatic rings. The lowest BCUT2D eigenvalue weighted by Crippen LogP contribution is -2.30. The molecule has 0 radical (unpaired) electrons. The van der Waals surface area contributed by atoms with Crippen molar-refractivity contribution in [3.05, 3.63) is 36.5 Å². The molecule has 0 amide bonds. The second kappa shape index (κ2) is 53.5. The molecule has 5 heteroatoms. The predicted octanol–water partition coefficient (Wildman–Crippen LogP) is 18.6. The topological polar surface area (TPSA) is 61.8 Å². The highest BCUT2D eigenvalue weighted by atomic mass is 16.6. The van der Waals surface area contributed by atoms with Crippen LogP contribution in [0.4, 0.5) is 0 Å². The lowest BCUT2D eigenvalue weighted by molar-refractivity contribution is -0.163. The smallest absolute Gasteiger partial charge is 0.306 e. The third kappa shape index (κ3) is 50.8. The number of rotatable bonds is 51. The summed E-state index contributed by atoms with van der Waals surface area (Å²) in [6, 6.07) is 0. The van der Waals surface area contributed by atoms with Crippen molar-refractivity contribution in [2.75, 3.05) is 19.8 Å². The van der Waals surface area contributed by atoms with E-state index in [4.69, 9.17) is 14.2 Å². The SMILES string of the molecule is CCCC/C=C\CCCCCCCC(=O)O[C@H](COCCCCCCCCCCCCCCCCCC)COC(=O)CCCCCCCCCCC/C=C\C/C=C\CCCCC. The van der Waals surface area contributed by atoms with Gasteiger partial charge in [-0.05, 0) is 70.6 Å². The van der Waals surface area contributed by atoms with Gasteiger partial charge >= 0.3 is 11.9 Å². The molecule has 0 fully saturated rings. The molecule has 0 aromatic heterocycles. The molecule has 5 nitrogen and oxygen atoms in total. The Morgan fingerprint density at radius 2 is 0.694 bits per heavy atom. The number of hydrogen-bond acceptors (Lipinski definition) is 5. The summed E-state index contributed by atoms with van der Waals surface area (Å²) in [4.78, 5) is 25.4. The minimum absolute atomic E-state index is 0.0846. The maximum atomic E-state index is 12.8. The van der Waals surface area contributed by atoms with Crippen LogP contribution in [0.3, 0.4) is 0 Å². The highest BCUT2D eigenvalue weighted by Gasteiger charge is 2.17. The summed E-state index contributed by atoms with van der Waals surface area (Å²) in [6.07, 6.45) is 64.4. The van der Waals surface area contributed by atoms with Crippen LogP contribution < -0.4 is 0 Å². The fourth-order valence-corrected chi connectivity index (χ4v) is 7.99. The lowest BCUT2D eigenvalue weighted by atomic mass is 10.0. The summed E-state index contributed by atoms with van der Waals surface area (Å²) in [5.74, 6) is -0.398. The number of esters is 2. The Bertz CT molecular complexity index is 986. The highest BCUT2D eigenvalue weighted by Crippen LogP contribution is 2.16. The third-order valence-electron chi connectivity index (χ3n) is 12.1. The predicted molar refractivity (Wildman–Crippen MR) is 270 cm³/mol. The average molecular weight is 871 g/mol. The van der Waals surface area contributed by atoms with Crippen molar-refractivity contribution in [1.29, 1.82) is 0 Å². The molecule has 364 valence electrons. The molecule has 1 atom stereocenters. The quantitative estimate of drug-likeness (QED) is 0.0346. The number of hydrogen-bond donors (Lipinski definition) is 0. The van der Waals surface area contributed by atoms with Gasteiger partial charge in [0.15, 0.2) is 6.10 Å². The molecular weight excluding hydrogens is 765 g/mol. The summed E-state index contributed by atoms with van der Waals surface area (Å²) in [7, 11) is 0. The van der Waals surface area contributed by atoms with Gasteiger partial charge in [-0.25, -0.2) is 0 Å². The minimum Gasteiger partial charge on any atom is -0.462 e. The van der Waals surface area contributed by atoms with Crippen molar-refractivity contribution in [1.82, 2.24) is 0 Å². The van der Waals surface area contributed by atoms with Gasteiger partial charge in [-0.15, -0.1) is 0 Å². The standard InChI is InChI=1S/C57H106O5/c1-4-7-10-13-16-19-22-24-26-28-29-30-31-33-36-38-41-44-47-50-56(58)61-54-55(62-57(59)51-48-45-42-39-35-21-18-15-12-9-6-3)53-60-52-49-46-43-40-37-34-32-27-25-23-20-17-14-11-8-5-2/h15-16,18-19,24,26,55H,4-14,17,20-23,25,27-54H2,1-3H3/b18-15-,19-16-,26-24-/t55-/m1/s1. The molecule has 0 aromatic rings. The van der Waals surface area contributed by atoms with E-state index in [9.17, 15) is 9.59 Å². The molecule has 0 rings (SSSR count). The van der Waals surface area contributed by atoms with Crippen LogP contribution in [-0.4, -0.2) is 37.9 Å². The zero-order valence-corrected chi connectivity index (χ0v) is 41.9. The Balaban J connectivity index is 4.18. The number of ether oxygens (including phenoxy) is 3. The van der Waals surface area contributed by atoms with Crippen LogP contribution in [0.1, 0.15) is 290 Å². The van der Waals surface area contributed by atoms with Gasteiger partial charge in [-0.1, -0.05) is 243 Å². The highest BCUT2D eigenvalue weighted by molar-refractivity contribution is 5.70. The summed E-state index contributed by atoms with van der Waals surface area (Å²) in [6.45, 7) is 7.81. The number of unbranched alkanes of at least 4 members (excludes halogenated alkanes) is 34. The number of allylic oxidation sites excluding steroid dienone is 6. The molecule has 0 aliphatic heterocycles. The molecule has 0 unspecified atom stereocenters. The Hall–Kier alpha value is -1.88. The van der Waals surface area contributed by atoms with Crippen LogP contribution in [0.25, 0.3) is 0 Å². The van der Waals surface area contributed by atoms with Gasteiger partial charge in [0.1, 0.15) is 6.61 Å². The van der Waals surface area contributed by atoms with Crippen LogP contribution >= 0.6 is 0 Å². The number of carbonyl (C=O) groups excluding carboxylic acids is 2. The first-order valence-corrected chi connectivity index (χ1v) is 27.5. The normalized spacial score (nSPS) is 12.4. The fourth-order valence-electron chi connectivity index (χ4n) is 7.99. The van der Waals surface area contributed by atoms with Crippen molar-refractivity contribution < 1.29 is 23.8 Å². The molecule has 0 aromatic carbocycles. The Morgan fingerprint density at radius 1 is 0.355 bits per heavy atom. The van der Waals surface area contributed by atoms with Crippen LogP contribution in [0.15, 0.2) is 36.5 Å². The van der Waals surface area contributed by atoms with Crippen molar-refractivity contribution in [3.8, 4) is 0 Å². The van der Waals surface area contributed by atoms with Gasteiger partial charge in [0.2, 0.25) is 0 Å². The van der Waals surface area contributed by atoms with Crippen molar-refractivity contribution in [2.24, 2.45) is 0 Å². The molecular formula is C57H106O5. The van der Waals surface area contributed by atoms with E-state index in [0.717, 1.165) is 51.4 Å². The summed E-state index contributed by atoms with van der Waals surface area (Å²) >= 11 is 0. The number of carbonyl (C=O) groups is 2. The zero-order chi connectivity index (χ0) is 44.9. The minimum atomic E-state index is -0.537. The third-order valence-corrected chi connectivity index (χ3v) is 12.1. The van der Waals surface area contributed by atoms with Crippen LogP contribution in [0.2, 0.25) is 0 Å². The van der Waals surface area contributed by atoms with Crippen LogP contribution in [-0.2, 0) is 23.8 Å². The van der Waals surface area contributed by atoms with E-state index in [0.29, 0.717) is 19.4 Å². The summed E-state index contributed by atoms with van der Waals surface area (Å²) in [5.41, 5.74) is 0. The van der Waals surface area contributed by atoms with E-state index >= 15 is 0 Å². The second-order valence-corrected chi connectivity index (χ2v) is 18.5. The molecule has 62 heavy (non-hydrogen) atoms. The molecule has 0 heterocycles. The fraction of sp³-hybridized carbons (Fsp3) is 0.860. The van der Waals surface area contributed by atoms with Gasteiger partial charge in [0, 0.05) is 19.4 Å². The van der Waals surface area contributed by atoms with Crippen molar-refractivity contribution in [2.45, 2.75) is 297 Å². The largest absolute Gasteiger partial charge is 0.462 e. The first kappa shape index (κ1) is 60.1. The van der Waals surface area contributed by atoms with E-state index in [1.165, 1.54) is 205 Å². The van der Waals surface area contributed by atoms with Crippen molar-refractivity contribution >= 4 is 11.9 Å². The first-order valence-electron chi connectivity index (χ1n) is 27.5. The molecule has 0 saturated heterocycles. The van der Waals surface area contributed by atoms with Gasteiger partial charge < -0.3 is 14.2 Å².